The smallest absolute Gasteiger partial charge is 0.141 e. The number of pyridine rings is 2. The van der Waals surface area contributed by atoms with E-state index in [0.717, 1.165) is 29.0 Å². The van der Waals surface area contributed by atoms with Gasteiger partial charge >= 0.3 is 0 Å². The minimum absolute atomic E-state index is 0.800. The Balaban J connectivity index is 1.48. The summed E-state index contributed by atoms with van der Waals surface area (Å²) < 4.78 is 4.07. The van der Waals surface area contributed by atoms with Crippen molar-refractivity contribution in [2.45, 2.75) is 0 Å². The molecule has 0 unspecified atom stereocenters. The van der Waals surface area contributed by atoms with Crippen molar-refractivity contribution in [3.8, 4) is 11.6 Å². The van der Waals surface area contributed by atoms with Crippen LogP contribution in [-0.2, 0) is 0 Å². The highest BCUT2D eigenvalue weighted by Crippen LogP contribution is 2.32. The van der Waals surface area contributed by atoms with Gasteiger partial charge < -0.3 is 9.13 Å². The first kappa shape index (κ1) is 19.1. The maximum Gasteiger partial charge on any atom is 0.141 e. The molecule has 0 atom stereocenters. The number of nitrogens with zero attached hydrogens (tertiary/aromatic N) is 5. The molecule has 0 radical (unpaired) electrons. The first-order valence-corrected chi connectivity index (χ1v) is 10.8. The van der Waals surface area contributed by atoms with E-state index in [1.54, 1.807) is 0 Å². The predicted octanol–water partition coefficient (Wildman–Crippen LogP) is 6.68. The van der Waals surface area contributed by atoms with Gasteiger partial charge in [0.1, 0.15) is 23.3 Å². The van der Waals surface area contributed by atoms with E-state index in [4.69, 9.17) is 9.97 Å². The number of hydrogen-bond donors (Lipinski definition) is 0. The van der Waals surface area contributed by atoms with Gasteiger partial charge in [-0.25, -0.2) is 9.97 Å². The van der Waals surface area contributed by atoms with Crippen molar-refractivity contribution in [3.05, 3.63) is 128 Å². The van der Waals surface area contributed by atoms with E-state index < -0.39 is 0 Å². The third kappa shape index (κ3) is 3.66. The molecule has 4 heterocycles. The maximum absolute atomic E-state index is 5.03. The summed E-state index contributed by atoms with van der Waals surface area (Å²) in [5.74, 6) is 3.31. The average Bonchev–Trinajstić information content (AvgIpc) is 3.56. The van der Waals surface area contributed by atoms with Gasteiger partial charge in [0.05, 0.1) is 0 Å². The molecule has 5 nitrogen and oxygen atoms in total. The lowest BCUT2D eigenvalue weighted by Crippen LogP contribution is -2.14. The Morgan fingerprint density at radius 2 is 1.03 bits per heavy atom. The quantitative estimate of drug-likeness (QED) is 0.308. The molecule has 0 saturated carbocycles. The number of anilines is 3. The van der Waals surface area contributed by atoms with Crippen LogP contribution in [0.4, 0.5) is 17.3 Å². The second kappa shape index (κ2) is 8.13. The first-order chi connectivity index (χ1) is 16.3. The van der Waals surface area contributed by atoms with Crippen LogP contribution in [0.15, 0.2) is 128 Å². The van der Waals surface area contributed by atoms with Gasteiger partial charge in [-0.1, -0.05) is 54.6 Å². The van der Waals surface area contributed by atoms with E-state index in [1.807, 2.05) is 83.7 Å². The summed E-state index contributed by atoms with van der Waals surface area (Å²) >= 11 is 0. The molecule has 33 heavy (non-hydrogen) atoms. The summed E-state index contributed by atoms with van der Waals surface area (Å²) in [7, 11) is 0. The van der Waals surface area contributed by atoms with Gasteiger partial charge in [0.2, 0.25) is 0 Å². The second-order valence-electron chi connectivity index (χ2n) is 7.76. The Labute approximate surface area is 191 Å². The molecular weight excluding hydrogens is 406 g/mol. The van der Waals surface area contributed by atoms with Gasteiger partial charge in [0.15, 0.2) is 0 Å². The molecule has 0 aliphatic rings. The lowest BCUT2D eigenvalue weighted by Gasteiger charge is -2.24. The van der Waals surface area contributed by atoms with Crippen LogP contribution in [0, 0.1) is 0 Å². The van der Waals surface area contributed by atoms with Gasteiger partial charge in [0.25, 0.3) is 0 Å². The van der Waals surface area contributed by atoms with Gasteiger partial charge in [-0.15, -0.1) is 0 Å². The van der Waals surface area contributed by atoms with Crippen molar-refractivity contribution in [2.75, 3.05) is 4.90 Å². The molecule has 4 aromatic heterocycles. The Morgan fingerprint density at radius 3 is 1.64 bits per heavy atom. The van der Waals surface area contributed by atoms with Crippen LogP contribution >= 0.6 is 0 Å². The molecule has 0 spiro atoms. The lowest BCUT2D eigenvalue weighted by molar-refractivity contribution is 0.980. The molecule has 5 heteroatoms. The first-order valence-electron chi connectivity index (χ1n) is 10.8. The van der Waals surface area contributed by atoms with Crippen molar-refractivity contribution in [1.29, 1.82) is 0 Å². The predicted molar refractivity (Wildman–Crippen MR) is 133 cm³/mol. The maximum atomic E-state index is 5.03. The molecule has 0 fully saturated rings. The van der Waals surface area contributed by atoms with Crippen LogP contribution < -0.4 is 4.90 Å². The Morgan fingerprint density at radius 1 is 0.485 bits per heavy atom. The van der Waals surface area contributed by atoms with Crippen LogP contribution in [0.3, 0.4) is 0 Å². The highest BCUT2D eigenvalue weighted by molar-refractivity contribution is 5.83. The summed E-state index contributed by atoms with van der Waals surface area (Å²) in [6.07, 6.45) is 8.21. The fourth-order valence-corrected chi connectivity index (χ4v) is 4.02. The topological polar surface area (TPSA) is 38.9 Å². The van der Waals surface area contributed by atoms with Gasteiger partial charge in [0, 0.05) is 30.5 Å². The Bertz CT molecular complexity index is 1480. The van der Waals surface area contributed by atoms with Crippen molar-refractivity contribution >= 4 is 28.1 Å². The van der Waals surface area contributed by atoms with E-state index in [9.17, 15) is 0 Å². The standard InChI is InChI=1S/C28H21N5/c1-2-12-24(13-3-1)33(27-16-8-14-25(29-27)31-18-6-7-19-31)28-17-9-15-26(30-28)32-20-22-10-4-5-11-23(22)21-32/h1-21H. The lowest BCUT2D eigenvalue weighted by atomic mass is 10.2. The Kier molecular flexibility index (Phi) is 4.70. The summed E-state index contributed by atoms with van der Waals surface area (Å²) in [6.45, 7) is 0. The molecule has 0 bridgehead atoms. The third-order valence-electron chi connectivity index (χ3n) is 5.60. The zero-order valence-corrected chi connectivity index (χ0v) is 17.9. The molecule has 6 aromatic rings. The van der Waals surface area contributed by atoms with Crippen LogP contribution in [-0.4, -0.2) is 19.1 Å². The molecule has 6 rings (SSSR count). The van der Waals surface area contributed by atoms with Crippen LogP contribution in [0.25, 0.3) is 22.4 Å². The molecule has 158 valence electrons. The second-order valence-corrected chi connectivity index (χ2v) is 7.76. The van der Waals surface area contributed by atoms with E-state index in [0.29, 0.717) is 0 Å². The summed E-state index contributed by atoms with van der Waals surface area (Å²) in [5.41, 5.74) is 0.997. The summed E-state index contributed by atoms with van der Waals surface area (Å²) in [6, 6.07) is 34.7. The average molecular weight is 428 g/mol. The molecule has 0 aliphatic carbocycles. The monoisotopic (exact) mass is 427 g/mol. The zero-order valence-electron chi connectivity index (χ0n) is 17.9. The third-order valence-corrected chi connectivity index (χ3v) is 5.60. The van der Waals surface area contributed by atoms with Crippen LogP contribution in [0.2, 0.25) is 0 Å². The number of aromatic nitrogens is 4. The van der Waals surface area contributed by atoms with E-state index in [-0.39, 0.29) is 0 Å². The summed E-state index contributed by atoms with van der Waals surface area (Å²) in [4.78, 5) is 12.1. The van der Waals surface area contributed by atoms with E-state index in [2.05, 4.69) is 58.3 Å². The van der Waals surface area contributed by atoms with Crippen molar-refractivity contribution in [2.24, 2.45) is 0 Å². The van der Waals surface area contributed by atoms with Crippen molar-refractivity contribution < 1.29 is 0 Å². The molecule has 0 amide bonds. The number of para-hydroxylation sites is 1. The van der Waals surface area contributed by atoms with Crippen LogP contribution in [0.5, 0.6) is 0 Å². The van der Waals surface area contributed by atoms with Gasteiger partial charge in [-0.3, -0.25) is 4.90 Å². The normalized spacial score (nSPS) is 11.0. The molecular formula is C28H21N5. The highest BCUT2D eigenvalue weighted by Gasteiger charge is 2.16. The fraction of sp³-hybridized carbons (Fsp3) is 0. The number of fused-ring (bicyclic) bond motifs is 1. The number of rotatable bonds is 5. The Hall–Kier alpha value is -4.64. The van der Waals surface area contributed by atoms with Crippen molar-refractivity contribution in [3.63, 3.8) is 0 Å². The number of benzene rings is 2. The minimum atomic E-state index is 0.800. The largest absolute Gasteiger partial charge is 0.309 e. The van der Waals surface area contributed by atoms with Gasteiger partial charge in [-0.05, 0) is 59.3 Å². The molecule has 0 N–H and O–H groups in total. The van der Waals surface area contributed by atoms with Gasteiger partial charge in [-0.2, -0.15) is 0 Å². The van der Waals surface area contributed by atoms with E-state index in [1.165, 1.54) is 10.8 Å². The molecule has 0 aliphatic heterocycles. The molecule has 0 saturated heterocycles. The number of hydrogen-bond acceptors (Lipinski definition) is 3. The SMILES string of the molecule is c1ccc(N(c2cccc(-n3cccc3)n2)c2cccc(-n3cc4ccccc4c3)n2)cc1. The summed E-state index contributed by atoms with van der Waals surface area (Å²) in [5, 5.41) is 2.37. The minimum Gasteiger partial charge on any atom is -0.309 e. The zero-order chi connectivity index (χ0) is 22.0. The van der Waals surface area contributed by atoms with E-state index >= 15 is 0 Å². The van der Waals surface area contributed by atoms with Crippen molar-refractivity contribution in [1.82, 2.24) is 19.1 Å². The van der Waals surface area contributed by atoms with Crippen LogP contribution in [0.1, 0.15) is 0 Å². The highest BCUT2D eigenvalue weighted by atomic mass is 15.3. The molecule has 2 aromatic carbocycles. The fourth-order valence-electron chi connectivity index (χ4n) is 4.02.